The minimum atomic E-state index is -0.950. The Kier molecular flexibility index (Phi) is 5.64. The van der Waals surface area contributed by atoms with Crippen LogP contribution in [-0.4, -0.2) is 36.2 Å². The van der Waals surface area contributed by atoms with Gasteiger partial charge >= 0.3 is 6.09 Å². The second-order valence-electron chi connectivity index (χ2n) is 6.87. The Bertz CT molecular complexity index is 1130. The predicted octanol–water partition coefficient (Wildman–Crippen LogP) is 4.36. The molecule has 1 aliphatic heterocycles. The largest absolute Gasteiger partial charge is 0.442 e. The molecule has 2 aromatic carbocycles. The van der Waals surface area contributed by atoms with E-state index >= 15 is 0 Å². The van der Waals surface area contributed by atoms with Crippen LogP contribution in [0.25, 0.3) is 21.7 Å². The van der Waals surface area contributed by atoms with Crippen LogP contribution in [0.2, 0.25) is 0 Å². The number of rotatable bonds is 5. The number of halogens is 3. The lowest BCUT2D eigenvalue weighted by Gasteiger charge is -2.15. The molecular weight excluding hydrogens is 431 g/mol. The summed E-state index contributed by atoms with van der Waals surface area (Å²) in [5.74, 6) is -2.84. The molecule has 0 aliphatic carbocycles. The lowest BCUT2D eigenvalue weighted by atomic mass is 10.0. The number of hydrogen-bond acceptors (Lipinski definition) is 5. The summed E-state index contributed by atoms with van der Waals surface area (Å²) in [6.45, 7) is 1.43. The zero-order valence-corrected chi connectivity index (χ0v) is 17.0. The van der Waals surface area contributed by atoms with Gasteiger partial charge in [0.2, 0.25) is 5.91 Å². The van der Waals surface area contributed by atoms with Crippen molar-refractivity contribution >= 4 is 29.0 Å². The van der Waals surface area contributed by atoms with E-state index in [2.05, 4.69) is 10.3 Å². The summed E-state index contributed by atoms with van der Waals surface area (Å²) in [6.07, 6.45) is 0.116. The summed E-state index contributed by atoms with van der Waals surface area (Å²) in [6, 6.07) is 5.86. The Morgan fingerprint density at radius 2 is 1.97 bits per heavy atom. The number of hydrogen-bond donors (Lipinski definition) is 1. The van der Waals surface area contributed by atoms with Crippen molar-refractivity contribution in [2.75, 3.05) is 18.0 Å². The van der Waals surface area contributed by atoms with Gasteiger partial charge in [0.25, 0.3) is 0 Å². The van der Waals surface area contributed by atoms with Crippen molar-refractivity contribution in [3.63, 3.8) is 0 Å². The van der Waals surface area contributed by atoms with E-state index in [1.165, 1.54) is 36.6 Å². The molecule has 0 unspecified atom stereocenters. The Hall–Kier alpha value is -3.40. The number of benzene rings is 2. The van der Waals surface area contributed by atoms with Gasteiger partial charge in [-0.05, 0) is 29.8 Å². The number of ether oxygens (including phenoxy) is 1. The highest BCUT2D eigenvalue weighted by atomic mass is 32.1. The highest BCUT2D eigenvalue weighted by Gasteiger charge is 2.33. The standard InChI is InChI=1S/C21H16F3N3O3S/c1-11(28)26-9-14-10-27(21(29)30-14)13-7-17(23)19(18(24)8-13)12-2-3-15(16(22)6-12)20-25-4-5-31-20/h2-8,14H,9-10H2,1H3,(H,26,28)/t14-/m0/s1. The number of aromatic nitrogens is 1. The molecule has 1 saturated heterocycles. The molecule has 31 heavy (non-hydrogen) atoms. The third-order valence-electron chi connectivity index (χ3n) is 4.71. The van der Waals surface area contributed by atoms with E-state index in [1.807, 2.05) is 0 Å². The Balaban J connectivity index is 1.60. The molecule has 2 heterocycles. The van der Waals surface area contributed by atoms with Gasteiger partial charge in [0.15, 0.2) is 0 Å². The van der Waals surface area contributed by atoms with Gasteiger partial charge in [0, 0.05) is 24.1 Å². The summed E-state index contributed by atoms with van der Waals surface area (Å²) in [5.41, 5.74) is -0.183. The molecule has 1 fully saturated rings. The average molecular weight is 447 g/mol. The minimum Gasteiger partial charge on any atom is -0.442 e. The van der Waals surface area contributed by atoms with Crippen LogP contribution in [0.15, 0.2) is 41.9 Å². The fourth-order valence-electron chi connectivity index (χ4n) is 3.29. The van der Waals surface area contributed by atoms with E-state index in [-0.39, 0.29) is 35.8 Å². The molecule has 1 N–H and O–H groups in total. The normalized spacial score (nSPS) is 15.8. The van der Waals surface area contributed by atoms with Crippen LogP contribution in [0, 0.1) is 17.5 Å². The molecule has 0 bridgehead atoms. The van der Waals surface area contributed by atoms with Crippen molar-refractivity contribution < 1.29 is 27.5 Å². The Morgan fingerprint density at radius 1 is 1.23 bits per heavy atom. The third kappa shape index (κ3) is 4.24. The summed E-state index contributed by atoms with van der Waals surface area (Å²) < 4.78 is 49.3. The minimum absolute atomic E-state index is 0.0203. The number of nitrogens with zero attached hydrogens (tertiary/aromatic N) is 2. The maximum Gasteiger partial charge on any atom is 0.414 e. The van der Waals surface area contributed by atoms with Crippen molar-refractivity contribution in [1.29, 1.82) is 0 Å². The second-order valence-corrected chi connectivity index (χ2v) is 7.76. The van der Waals surface area contributed by atoms with Gasteiger partial charge in [-0.1, -0.05) is 6.07 Å². The monoisotopic (exact) mass is 447 g/mol. The van der Waals surface area contributed by atoms with Gasteiger partial charge in [-0.25, -0.2) is 22.9 Å². The number of nitrogens with one attached hydrogen (secondary N) is 1. The van der Waals surface area contributed by atoms with Gasteiger partial charge in [-0.3, -0.25) is 9.69 Å². The maximum atomic E-state index is 14.8. The first-order valence-corrected chi connectivity index (χ1v) is 10.1. The molecule has 4 rings (SSSR count). The molecule has 0 spiro atoms. The third-order valence-corrected chi connectivity index (χ3v) is 5.52. The molecule has 0 radical (unpaired) electrons. The van der Waals surface area contributed by atoms with Gasteiger partial charge in [-0.15, -0.1) is 11.3 Å². The number of cyclic esters (lactones) is 1. The van der Waals surface area contributed by atoms with Crippen molar-refractivity contribution in [3.8, 4) is 21.7 Å². The highest BCUT2D eigenvalue weighted by Crippen LogP contribution is 2.34. The van der Waals surface area contributed by atoms with Crippen LogP contribution in [0.5, 0.6) is 0 Å². The molecule has 0 saturated carbocycles. The molecule has 3 aromatic rings. The van der Waals surface area contributed by atoms with E-state index in [0.29, 0.717) is 5.01 Å². The van der Waals surface area contributed by atoms with Crippen molar-refractivity contribution in [3.05, 3.63) is 59.4 Å². The van der Waals surface area contributed by atoms with E-state index in [1.54, 1.807) is 5.38 Å². The van der Waals surface area contributed by atoms with Crippen LogP contribution in [0.1, 0.15) is 6.92 Å². The first kappa shape index (κ1) is 20.9. The second kappa shape index (κ2) is 8.38. The lowest BCUT2D eigenvalue weighted by molar-refractivity contribution is -0.119. The number of carbonyl (C=O) groups excluding carboxylic acids is 2. The van der Waals surface area contributed by atoms with E-state index in [9.17, 15) is 22.8 Å². The average Bonchev–Trinajstić information content (AvgIpc) is 3.36. The molecule has 10 heteroatoms. The van der Waals surface area contributed by atoms with Crippen LogP contribution < -0.4 is 10.2 Å². The van der Waals surface area contributed by atoms with Crippen molar-refractivity contribution in [2.45, 2.75) is 13.0 Å². The summed E-state index contributed by atoms with van der Waals surface area (Å²) in [5, 5.41) is 4.68. The maximum absolute atomic E-state index is 14.8. The van der Waals surface area contributed by atoms with Gasteiger partial charge in [0.1, 0.15) is 28.6 Å². The van der Waals surface area contributed by atoms with E-state index in [4.69, 9.17) is 4.74 Å². The van der Waals surface area contributed by atoms with Crippen LogP contribution in [-0.2, 0) is 9.53 Å². The molecular formula is C21H16F3N3O3S. The lowest BCUT2D eigenvalue weighted by Crippen LogP contribution is -2.33. The SMILES string of the molecule is CC(=O)NC[C@H]1CN(c2cc(F)c(-c3ccc(-c4nccs4)c(F)c3)c(F)c2)C(=O)O1. The molecule has 160 valence electrons. The summed E-state index contributed by atoms with van der Waals surface area (Å²) in [7, 11) is 0. The predicted molar refractivity (Wildman–Crippen MR) is 109 cm³/mol. The van der Waals surface area contributed by atoms with Gasteiger partial charge in [0.05, 0.1) is 24.3 Å². The molecule has 1 aromatic heterocycles. The number of carbonyl (C=O) groups is 2. The van der Waals surface area contributed by atoms with Crippen LogP contribution >= 0.6 is 11.3 Å². The van der Waals surface area contributed by atoms with Gasteiger partial charge < -0.3 is 10.1 Å². The van der Waals surface area contributed by atoms with Crippen molar-refractivity contribution in [2.24, 2.45) is 0 Å². The fraction of sp³-hybridized carbons (Fsp3) is 0.190. The zero-order valence-electron chi connectivity index (χ0n) is 16.2. The Morgan fingerprint density at radius 3 is 2.58 bits per heavy atom. The first-order chi connectivity index (χ1) is 14.8. The highest BCUT2D eigenvalue weighted by molar-refractivity contribution is 7.13. The number of thiazole rings is 1. The van der Waals surface area contributed by atoms with E-state index in [0.717, 1.165) is 23.1 Å². The molecule has 6 nitrogen and oxygen atoms in total. The van der Waals surface area contributed by atoms with Crippen LogP contribution in [0.4, 0.5) is 23.7 Å². The topological polar surface area (TPSA) is 71.5 Å². The first-order valence-electron chi connectivity index (χ1n) is 9.25. The number of amides is 2. The molecule has 2 amide bonds. The summed E-state index contributed by atoms with van der Waals surface area (Å²) in [4.78, 5) is 28.2. The van der Waals surface area contributed by atoms with E-state index < -0.39 is 35.2 Å². The number of anilines is 1. The Labute approximate surface area is 179 Å². The molecule has 1 aliphatic rings. The quantitative estimate of drug-likeness (QED) is 0.631. The molecule has 1 atom stereocenters. The van der Waals surface area contributed by atoms with Crippen molar-refractivity contribution in [1.82, 2.24) is 10.3 Å². The van der Waals surface area contributed by atoms with Crippen LogP contribution in [0.3, 0.4) is 0 Å². The zero-order chi connectivity index (χ0) is 22.1. The fourth-order valence-corrected chi connectivity index (χ4v) is 3.95. The smallest absolute Gasteiger partial charge is 0.414 e. The summed E-state index contributed by atoms with van der Waals surface area (Å²) >= 11 is 1.25. The van der Waals surface area contributed by atoms with Gasteiger partial charge in [-0.2, -0.15) is 0 Å².